The molecule has 4 atom stereocenters. The second-order valence-electron chi connectivity index (χ2n) is 6.55. The highest BCUT2D eigenvalue weighted by atomic mass is 32.2. The van der Waals surface area contributed by atoms with Crippen molar-refractivity contribution in [1.29, 1.82) is 0 Å². The van der Waals surface area contributed by atoms with Gasteiger partial charge in [0.25, 0.3) is 0 Å². The Morgan fingerprint density at radius 2 is 1.96 bits per heavy atom. The molecule has 0 radical (unpaired) electrons. The lowest BCUT2D eigenvalue weighted by atomic mass is 9.88. The highest BCUT2D eigenvalue weighted by molar-refractivity contribution is 7.82. The number of fused-ring (bicyclic) bond motifs is 2. The maximum absolute atomic E-state index is 12.2. The molecule has 27 heavy (non-hydrogen) atoms. The van der Waals surface area contributed by atoms with E-state index < -0.39 is 11.0 Å². The summed E-state index contributed by atoms with van der Waals surface area (Å²) < 4.78 is 21.8. The molecule has 2 bridgehead atoms. The fourth-order valence-corrected chi connectivity index (χ4v) is 3.86. The van der Waals surface area contributed by atoms with E-state index in [1.54, 1.807) is 31.4 Å². The van der Waals surface area contributed by atoms with Crippen LogP contribution in [0.3, 0.4) is 0 Å². The van der Waals surface area contributed by atoms with E-state index in [1.165, 1.54) is 0 Å². The minimum atomic E-state index is -1.53. The molecule has 2 aliphatic rings. The lowest BCUT2D eigenvalue weighted by Crippen LogP contribution is -2.30. The van der Waals surface area contributed by atoms with Crippen LogP contribution in [0.25, 0.3) is 0 Å². The molecule has 1 amide bonds. The molecule has 4 rings (SSSR count). The fraction of sp³-hybridized carbons (Fsp3) is 0.350. The number of para-hydroxylation sites is 1. The first-order valence-electron chi connectivity index (χ1n) is 8.88. The Labute approximate surface area is 161 Å². The van der Waals surface area contributed by atoms with Gasteiger partial charge >= 0.3 is 0 Å². The summed E-state index contributed by atoms with van der Waals surface area (Å²) in [6.07, 6.45) is 3.16. The molecule has 0 aromatic heterocycles. The summed E-state index contributed by atoms with van der Waals surface area (Å²) in [5.41, 5.74) is 0.629. The summed E-state index contributed by atoms with van der Waals surface area (Å²) in [7, 11) is 0.129. The van der Waals surface area contributed by atoms with E-state index in [1.807, 2.05) is 30.3 Å². The third kappa shape index (κ3) is 5.15. The number of ether oxygens (including phenoxy) is 2. The number of hydrogen-bond donors (Lipinski definition) is 2. The summed E-state index contributed by atoms with van der Waals surface area (Å²) >= 11 is 0. The Balaban J connectivity index is 0.000000221. The summed E-state index contributed by atoms with van der Waals surface area (Å²) in [6, 6.07) is 16.5. The van der Waals surface area contributed by atoms with Crippen LogP contribution in [-0.2, 0) is 20.5 Å². The summed E-state index contributed by atoms with van der Waals surface area (Å²) in [5.74, 6) is 0.824. The maximum Gasteiger partial charge on any atom is 0.230 e. The van der Waals surface area contributed by atoms with Crippen molar-refractivity contribution in [2.75, 3.05) is 12.4 Å². The van der Waals surface area contributed by atoms with E-state index in [2.05, 4.69) is 5.32 Å². The molecule has 4 unspecified atom stereocenters. The van der Waals surface area contributed by atoms with Crippen molar-refractivity contribution < 1.29 is 18.5 Å². The average Bonchev–Trinajstić information content (AvgIpc) is 3.33. The number of amides is 1. The third-order valence-corrected chi connectivity index (χ3v) is 5.47. The molecule has 3 N–H and O–H groups in total. The number of carbonyl (C=O) groups excluding carboxylic acids is 1. The molecule has 7 heteroatoms. The van der Waals surface area contributed by atoms with Gasteiger partial charge in [0.1, 0.15) is 16.7 Å². The minimum Gasteiger partial charge on any atom is -0.497 e. The Morgan fingerprint density at radius 3 is 2.52 bits per heavy atom. The standard InChI is InChI=1S/C13H16N2O3S.C7H8O/c14-19(17)10-3-1-2-8(6-10)15-13(16)11-7-9-4-5-12(11)18-9;1-8-7-5-3-2-4-6-7/h1-3,6,9,11-12H,4-5,7,14H2,(H,15,16);2-6H,1H3. The van der Waals surface area contributed by atoms with E-state index in [0.717, 1.165) is 25.0 Å². The van der Waals surface area contributed by atoms with Crippen molar-refractivity contribution in [2.24, 2.45) is 11.1 Å². The zero-order chi connectivity index (χ0) is 19.2. The number of methoxy groups -OCH3 is 1. The van der Waals surface area contributed by atoms with E-state index in [0.29, 0.717) is 10.6 Å². The van der Waals surface area contributed by atoms with Gasteiger partial charge in [0, 0.05) is 5.69 Å². The van der Waals surface area contributed by atoms with Gasteiger partial charge in [0.2, 0.25) is 5.91 Å². The normalized spacial score (nSPS) is 23.9. The minimum absolute atomic E-state index is 0.0212. The van der Waals surface area contributed by atoms with Crippen LogP contribution in [0.5, 0.6) is 5.75 Å². The highest BCUT2D eigenvalue weighted by Crippen LogP contribution is 2.39. The van der Waals surface area contributed by atoms with Crippen LogP contribution in [0, 0.1) is 5.92 Å². The predicted molar refractivity (Wildman–Crippen MR) is 105 cm³/mol. The molecule has 2 saturated heterocycles. The van der Waals surface area contributed by atoms with Gasteiger partial charge in [-0.25, -0.2) is 9.35 Å². The second kappa shape index (κ2) is 9.12. The molecule has 0 saturated carbocycles. The van der Waals surface area contributed by atoms with Crippen LogP contribution in [0.15, 0.2) is 59.5 Å². The topological polar surface area (TPSA) is 90.6 Å². The second-order valence-corrected chi connectivity index (χ2v) is 7.61. The van der Waals surface area contributed by atoms with Crippen molar-refractivity contribution in [3.05, 3.63) is 54.6 Å². The average molecular weight is 388 g/mol. The maximum atomic E-state index is 12.2. The summed E-state index contributed by atoms with van der Waals surface area (Å²) in [4.78, 5) is 12.7. The van der Waals surface area contributed by atoms with Gasteiger partial charge in [-0.15, -0.1) is 0 Å². The van der Waals surface area contributed by atoms with Crippen LogP contribution >= 0.6 is 0 Å². The first-order valence-corrected chi connectivity index (χ1v) is 10.1. The van der Waals surface area contributed by atoms with Crippen molar-refractivity contribution in [3.8, 4) is 5.75 Å². The number of anilines is 1. The molecular formula is C20H24N2O4S. The molecule has 0 aliphatic carbocycles. The molecule has 2 heterocycles. The number of rotatable bonds is 4. The van der Waals surface area contributed by atoms with E-state index in [-0.39, 0.29) is 24.0 Å². The van der Waals surface area contributed by atoms with Gasteiger partial charge in [-0.2, -0.15) is 0 Å². The molecule has 0 spiro atoms. The molecular weight excluding hydrogens is 364 g/mol. The number of nitrogens with one attached hydrogen (secondary N) is 1. The monoisotopic (exact) mass is 388 g/mol. The first-order chi connectivity index (χ1) is 13.1. The van der Waals surface area contributed by atoms with Crippen LogP contribution < -0.4 is 15.2 Å². The number of benzene rings is 2. The van der Waals surface area contributed by atoms with Crippen molar-refractivity contribution in [2.45, 2.75) is 36.4 Å². The molecule has 2 aromatic rings. The highest BCUT2D eigenvalue weighted by Gasteiger charge is 2.44. The SMILES string of the molecule is COc1ccccc1.NS(=O)c1cccc(NC(=O)C2CC3CCC2O3)c1. The van der Waals surface area contributed by atoms with Gasteiger partial charge in [-0.05, 0) is 49.6 Å². The Hall–Kier alpha value is -2.22. The van der Waals surface area contributed by atoms with Gasteiger partial charge in [0.15, 0.2) is 0 Å². The van der Waals surface area contributed by atoms with Gasteiger partial charge in [-0.1, -0.05) is 24.3 Å². The largest absolute Gasteiger partial charge is 0.497 e. The van der Waals surface area contributed by atoms with Gasteiger partial charge < -0.3 is 14.8 Å². The number of nitrogens with two attached hydrogens (primary N) is 1. The Kier molecular flexibility index (Phi) is 6.60. The van der Waals surface area contributed by atoms with E-state index in [9.17, 15) is 9.00 Å². The van der Waals surface area contributed by atoms with Crippen molar-refractivity contribution in [3.63, 3.8) is 0 Å². The van der Waals surface area contributed by atoms with E-state index >= 15 is 0 Å². The van der Waals surface area contributed by atoms with Crippen molar-refractivity contribution >= 4 is 22.6 Å². The zero-order valence-corrected chi connectivity index (χ0v) is 16.0. The van der Waals surface area contributed by atoms with Crippen LogP contribution in [0.2, 0.25) is 0 Å². The Bertz CT molecular complexity index is 800. The lowest BCUT2D eigenvalue weighted by Gasteiger charge is -2.18. The molecule has 2 fully saturated rings. The summed E-state index contributed by atoms with van der Waals surface area (Å²) in [6.45, 7) is 0. The zero-order valence-electron chi connectivity index (χ0n) is 15.2. The van der Waals surface area contributed by atoms with Crippen LogP contribution in [0.4, 0.5) is 5.69 Å². The van der Waals surface area contributed by atoms with Crippen LogP contribution in [0.1, 0.15) is 19.3 Å². The lowest BCUT2D eigenvalue weighted by molar-refractivity contribution is -0.121. The third-order valence-electron chi connectivity index (χ3n) is 4.76. The fourth-order valence-electron chi connectivity index (χ4n) is 3.40. The van der Waals surface area contributed by atoms with Crippen LogP contribution in [-0.4, -0.2) is 29.4 Å². The van der Waals surface area contributed by atoms with Gasteiger partial charge in [0.05, 0.1) is 30.1 Å². The quantitative estimate of drug-likeness (QED) is 0.843. The number of carbonyl (C=O) groups is 1. The van der Waals surface area contributed by atoms with E-state index in [4.69, 9.17) is 14.6 Å². The van der Waals surface area contributed by atoms with Gasteiger partial charge in [-0.3, -0.25) is 4.79 Å². The summed E-state index contributed by atoms with van der Waals surface area (Å²) in [5, 5.41) is 8.18. The molecule has 6 nitrogen and oxygen atoms in total. The predicted octanol–water partition coefficient (Wildman–Crippen LogP) is 2.87. The Morgan fingerprint density at radius 1 is 1.19 bits per heavy atom. The first kappa shape index (κ1) is 19.5. The molecule has 144 valence electrons. The van der Waals surface area contributed by atoms with Crippen molar-refractivity contribution in [1.82, 2.24) is 0 Å². The number of hydrogen-bond acceptors (Lipinski definition) is 4. The smallest absolute Gasteiger partial charge is 0.230 e. The molecule has 2 aliphatic heterocycles. The molecule has 2 aromatic carbocycles.